The summed E-state index contributed by atoms with van der Waals surface area (Å²) < 4.78 is 0. The van der Waals surface area contributed by atoms with Gasteiger partial charge in [0.05, 0.1) is 0 Å². The molecule has 0 heterocycles. The summed E-state index contributed by atoms with van der Waals surface area (Å²) in [5, 5.41) is 6.86. The van der Waals surface area contributed by atoms with E-state index in [9.17, 15) is 9.59 Å². The zero-order chi connectivity index (χ0) is 18.2. The molecule has 4 nitrogen and oxygen atoms in total. The summed E-state index contributed by atoms with van der Waals surface area (Å²) in [6, 6.07) is 10.5. The molecule has 130 valence electrons. The standard InChI is InChI=1S/C19H18Cl2N2O2/c1-11-10-13(20)6-7-15(11)22-17(24)19(8-9-19)18(25)23-16-5-3-4-14(21)12(16)2/h3-7,10H,8-9H2,1-2H3,(H,22,24)(H,23,25). The second kappa shape index (κ2) is 6.70. The molecular weight excluding hydrogens is 359 g/mol. The number of amides is 2. The number of hydrogen-bond acceptors (Lipinski definition) is 2. The molecule has 0 spiro atoms. The molecule has 0 aliphatic heterocycles. The second-order valence-corrected chi connectivity index (χ2v) is 7.21. The number of hydrogen-bond donors (Lipinski definition) is 2. The Morgan fingerprint density at radius 1 is 0.960 bits per heavy atom. The van der Waals surface area contributed by atoms with Crippen LogP contribution in [0.4, 0.5) is 11.4 Å². The molecule has 6 heteroatoms. The van der Waals surface area contributed by atoms with E-state index in [4.69, 9.17) is 23.2 Å². The topological polar surface area (TPSA) is 58.2 Å². The van der Waals surface area contributed by atoms with Crippen LogP contribution in [0.1, 0.15) is 24.0 Å². The number of carbonyl (C=O) groups is 2. The van der Waals surface area contributed by atoms with Gasteiger partial charge in [-0.25, -0.2) is 0 Å². The van der Waals surface area contributed by atoms with Crippen LogP contribution in [0.3, 0.4) is 0 Å². The van der Waals surface area contributed by atoms with Crippen molar-refractivity contribution in [3.63, 3.8) is 0 Å². The number of carbonyl (C=O) groups excluding carboxylic acids is 2. The Labute approximate surface area is 156 Å². The van der Waals surface area contributed by atoms with Crippen LogP contribution in [0.25, 0.3) is 0 Å². The molecule has 1 fully saturated rings. The lowest BCUT2D eigenvalue weighted by Crippen LogP contribution is -2.36. The van der Waals surface area contributed by atoms with Crippen LogP contribution in [0.15, 0.2) is 36.4 Å². The first kappa shape index (κ1) is 17.8. The summed E-state index contributed by atoms with van der Waals surface area (Å²) in [5.74, 6) is -0.600. The molecule has 25 heavy (non-hydrogen) atoms. The summed E-state index contributed by atoms with van der Waals surface area (Å²) in [6.07, 6.45) is 1.05. The highest BCUT2D eigenvalue weighted by atomic mass is 35.5. The third-order valence-electron chi connectivity index (χ3n) is 4.57. The lowest BCUT2D eigenvalue weighted by Gasteiger charge is -2.17. The summed E-state index contributed by atoms with van der Waals surface area (Å²) >= 11 is 12.0. The third kappa shape index (κ3) is 3.51. The Hall–Kier alpha value is -2.04. The van der Waals surface area contributed by atoms with Gasteiger partial charge in [0, 0.05) is 21.4 Å². The first-order valence-corrected chi connectivity index (χ1v) is 8.73. The van der Waals surface area contributed by atoms with Crippen LogP contribution >= 0.6 is 23.2 Å². The highest BCUT2D eigenvalue weighted by Crippen LogP contribution is 2.48. The summed E-state index contributed by atoms with van der Waals surface area (Å²) in [6.45, 7) is 3.69. The average molecular weight is 377 g/mol. The maximum Gasteiger partial charge on any atom is 0.240 e. The summed E-state index contributed by atoms with van der Waals surface area (Å²) in [7, 11) is 0. The highest BCUT2D eigenvalue weighted by molar-refractivity contribution is 6.32. The van der Waals surface area contributed by atoms with Crippen molar-refractivity contribution in [1.82, 2.24) is 0 Å². The summed E-state index contributed by atoms with van der Waals surface area (Å²) in [5.41, 5.74) is 1.89. The number of benzene rings is 2. The van der Waals surface area contributed by atoms with E-state index in [0.29, 0.717) is 34.3 Å². The summed E-state index contributed by atoms with van der Waals surface area (Å²) in [4.78, 5) is 25.4. The minimum Gasteiger partial charge on any atom is -0.325 e. The Bertz CT molecular complexity index is 860. The van der Waals surface area contributed by atoms with Crippen molar-refractivity contribution in [1.29, 1.82) is 0 Å². The van der Waals surface area contributed by atoms with Crippen molar-refractivity contribution in [2.45, 2.75) is 26.7 Å². The molecule has 0 saturated heterocycles. The van der Waals surface area contributed by atoms with E-state index in [0.717, 1.165) is 11.1 Å². The van der Waals surface area contributed by atoms with Crippen LogP contribution in [-0.2, 0) is 9.59 Å². The molecule has 0 unspecified atom stereocenters. The minimum atomic E-state index is -1.03. The lowest BCUT2D eigenvalue weighted by atomic mass is 10.0. The van der Waals surface area contributed by atoms with Crippen LogP contribution in [0.2, 0.25) is 10.0 Å². The molecule has 3 rings (SSSR count). The van der Waals surface area contributed by atoms with E-state index >= 15 is 0 Å². The fourth-order valence-electron chi connectivity index (χ4n) is 2.68. The first-order chi connectivity index (χ1) is 11.8. The molecule has 1 aliphatic carbocycles. The fraction of sp³-hybridized carbons (Fsp3) is 0.263. The largest absolute Gasteiger partial charge is 0.325 e. The Balaban J connectivity index is 1.76. The lowest BCUT2D eigenvalue weighted by molar-refractivity contribution is -0.131. The molecule has 2 amide bonds. The minimum absolute atomic E-state index is 0.296. The SMILES string of the molecule is Cc1cc(Cl)ccc1NC(=O)C1(C(=O)Nc2cccc(Cl)c2C)CC1. The van der Waals surface area contributed by atoms with E-state index in [2.05, 4.69) is 10.6 Å². The number of halogens is 2. The predicted octanol–water partition coefficient (Wildman–Crippen LogP) is 4.97. The molecule has 0 atom stereocenters. The fourth-order valence-corrected chi connectivity index (χ4v) is 3.08. The molecule has 0 bridgehead atoms. The van der Waals surface area contributed by atoms with Crippen molar-refractivity contribution in [3.05, 3.63) is 57.6 Å². The first-order valence-electron chi connectivity index (χ1n) is 7.98. The zero-order valence-electron chi connectivity index (χ0n) is 14.0. The molecule has 1 aliphatic rings. The molecule has 2 N–H and O–H groups in total. The molecule has 2 aromatic rings. The van der Waals surface area contributed by atoms with Gasteiger partial charge in [-0.1, -0.05) is 29.3 Å². The van der Waals surface area contributed by atoms with Crippen molar-refractivity contribution in [2.24, 2.45) is 5.41 Å². The van der Waals surface area contributed by atoms with Crippen molar-refractivity contribution in [2.75, 3.05) is 10.6 Å². The number of rotatable bonds is 4. The van der Waals surface area contributed by atoms with Gasteiger partial charge in [-0.3, -0.25) is 9.59 Å². The number of aryl methyl sites for hydroxylation is 1. The van der Waals surface area contributed by atoms with Crippen LogP contribution in [0.5, 0.6) is 0 Å². The molecule has 0 aromatic heterocycles. The van der Waals surface area contributed by atoms with E-state index in [1.807, 2.05) is 13.8 Å². The van der Waals surface area contributed by atoms with Gasteiger partial charge in [-0.05, 0) is 68.1 Å². The molecule has 2 aromatic carbocycles. The zero-order valence-corrected chi connectivity index (χ0v) is 15.5. The van der Waals surface area contributed by atoms with Crippen LogP contribution in [-0.4, -0.2) is 11.8 Å². The van der Waals surface area contributed by atoms with Gasteiger partial charge >= 0.3 is 0 Å². The highest BCUT2D eigenvalue weighted by Gasteiger charge is 2.56. The molecule has 0 radical (unpaired) electrons. The molecular formula is C19H18Cl2N2O2. The van der Waals surface area contributed by atoms with Crippen LogP contribution in [0, 0.1) is 19.3 Å². The Morgan fingerprint density at radius 3 is 2.20 bits per heavy atom. The predicted molar refractivity (Wildman–Crippen MR) is 101 cm³/mol. The monoisotopic (exact) mass is 376 g/mol. The number of anilines is 2. The van der Waals surface area contributed by atoms with Crippen molar-refractivity contribution >= 4 is 46.4 Å². The van der Waals surface area contributed by atoms with E-state index < -0.39 is 5.41 Å². The normalized spacial score (nSPS) is 14.7. The van der Waals surface area contributed by atoms with Crippen molar-refractivity contribution in [3.8, 4) is 0 Å². The second-order valence-electron chi connectivity index (χ2n) is 6.36. The van der Waals surface area contributed by atoms with Gasteiger partial charge in [0.1, 0.15) is 5.41 Å². The van der Waals surface area contributed by atoms with Gasteiger partial charge in [0.2, 0.25) is 11.8 Å². The Morgan fingerprint density at radius 2 is 1.60 bits per heavy atom. The van der Waals surface area contributed by atoms with E-state index in [1.54, 1.807) is 36.4 Å². The maximum atomic E-state index is 12.7. The van der Waals surface area contributed by atoms with Gasteiger partial charge in [0.25, 0.3) is 0 Å². The van der Waals surface area contributed by atoms with E-state index in [-0.39, 0.29) is 11.8 Å². The third-order valence-corrected chi connectivity index (χ3v) is 5.22. The van der Waals surface area contributed by atoms with E-state index in [1.165, 1.54) is 0 Å². The molecule has 1 saturated carbocycles. The van der Waals surface area contributed by atoms with Gasteiger partial charge in [0.15, 0.2) is 0 Å². The number of nitrogens with one attached hydrogen (secondary N) is 2. The van der Waals surface area contributed by atoms with Crippen LogP contribution < -0.4 is 10.6 Å². The van der Waals surface area contributed by atoms with Gasteiger partial charge in [-0.15, -0.1) is 0 Å². The van der Waals surface area contributed by atoms with Crippen molar-refractivity contribution < 1.29 is 9.59 Å². The Kier molecular flexibility index (Phi) is 4.76. The maximum absolute atomic E-state index is 12.7. The quantitative estimate of drug-likeness (QED) is 0.740. The van der Waals surface area contributed by atoms with Gasteiger partial charge < -0.3 is 10.6 Å². The smallest absolute Gasteiger partial charge is 0.240 e. The van der Waals surface area contributed by atoms with Gasteiger partial charge in [-0.2, -0.15) is 0 Å². The average Bonchev–Trinajstić information content (AvgIpc) is 3.36.